The number of pyridine rings is 1. The summed E-state index contributed by atoms with van der Waals surface area (Å²) in [5, 5.41) is 0. The summed E-state index contributed by atoms with van der Waals surface area (Å²) in [5.41, 5.74) is 7.71. The van der Waals surface area contributed by atoms with Crippen LogP contribution in [0.4, 0.5) is 5.69 Å². The third-order valence-corrected chi connectivity index (χ3v) is 3.60. The van der Waals surface area contributed by atoms with Crippen LogP contribution in [0.1, 0.15) is 28.9 Å². The zero-order valence-electron chi connectivity index (χ0n) is 11.7. The normalized spacial score (nSPS) is 15.7. The van der Waals surface area contributed by atoms with E-state index >= 15 is 0 Å². The first-order chi connectivity index (χ1) is 9.08. The number of carbonyl (C=O) groups is 1. The van der Waals surface area contributed by atoms with Gasteiger partial charge in [0.25, 0.3) is 5.91 Å². The largest absolute Gasteiger partial charge is 0.398 e. The number of rotatable bonds is 4. The highest BCUT2D eigenvalue weighted by Gasteiger charge is 2.17. The van der Waals surface area contributed by atoms with E-state index < -0.39 is 0 Å². The lowest BCUT2D eigenvalue weighted by Gasteiger charge is -2.22. The van der Waals surface area contributed by atoms with Crippen LogP contribution in [0.15, 0.2) is 12.3 Å². The van der Waals surface area contributed by atoms with E-state index in [-0.39, 0.29) is 5.91 Å². The van der Waals surface area contributed by atoms with Crippen LogP contribution in [-0.2, 0) is 0 Å². The number of amides is 1. The minimum absolute atomic E-state index is 0.0517. The molecular weight excluding hydrogens is 240 g/mol. The van der Waals surface area contributed by atoms with Gasteiger partial charge in [0.05, 0.1) is 5.56 Å². The molecule has 0 atom stereocenters. The Labute approximate surface area is 114 Å². The highest BCUT2D eigenvalue weighted by atomic mass is 16.2. The average Bonchev–Trinajstić information content (AvgIpc) is 2.88. The van der Waals surface area contributed by atoms with E-state index in [4.69, 9.17) is 5.73 Å². The summed E-state index contributed by atoms with van der Waals surface area (Å²) in [7, 11) is 1.82. The monoisotopic (exact) mass is 262 g/mol. The van der Waals surface area contributed by atoms with Gasteiger partial charge in [0.1, 0.15) is 0 Å². The van der Waals surface area contributed by atoms with Gasteiger partial charge in [-0.25, -0.2) is 0 Å². The lowest BCUT2D eigenvalue weighted by molar-refractivity contribution is 0.0783. The molecule has 1 amide bonds. The molecule has 0 unspecified atom stereocenters. The molecule has 1 aromatic heterocycles. The molecule has 19 heavy (non-hydrogen) atoms. The molecule has 0 bridgehead atoms. The van der Waals surface area contributed by atoms with E-state index in [2.05, 4.69) is 9.88 Å². The number of hydrogen-bond donors (Lipinski definition) is 1. The Balaban J connectivity index is 1.94. The van der Waals surface area contributed by atoms with Crippen molar-refractivity contribution in [2.75, 3.05) is 39.0 Å². The fourth-order valence-electron chi connectivity index (χ4n) is 2.36. The number of aromatic nitrogens is 1. The van der Waals surface area contributed by atoms with Gasteiger partial charge in [-0.2, -0.15) is 0 Å². The Morgan fingerprint density at radius 2 is 2.16 bits per heavy atom. The van der Waals surface area contributed by atoms with Crippen molar-refractivity contribution in [2.24, 2.45) is 0 Å². The molecule has 1 aromatic rings. The van der Waals surface area contributed by atoms with Gasteiger partial charge in [0, 0.05) is 37.7 Å². The first-order valence-electron chi connectivity index (χ1n) is 6.78. The molecule has 5 heteroatoms. The van der Waals surface area contributed by atoms with Crippen LogP contribution < -0.4 is 5.73 Å². The van der Waals surface area contributed by atoms with Crippen molar-refractivity contribution in [1.29, 1.82) is 0 Å². The summed E-state index contributed by atoms with van der Waals surface area (Å²) in [4.78, 5) is 20.5. The molecule has 0 saturated carbocycles. The first-order valence-corrected chi connectivity index (χ1v) is 6.78. The molecule has 1 aliphatic heterocycles. The number of carbonyl (C=O) groups excluding carboxylic acids is 1. The Morgan fingerprint density at radius 3 is 2.79 bits per heavy atom. The number of aryl methyl sites for hydroxylation is 1. The molecule has 0 aromatic carbocycles. The Hall–Kier alpha value is -1.62. The maximum atomic E-state index is 12.3. The number of nitrogens with zero attached hydrogens (tertiary/aromatic N) is 3. The van der Waals surface area contributed by atoms with Crippen LogP contribution in [0.25, 0.3) is 0 Å². The minimum Gasteiger partial charge on any atom is -0.398 e. The fraction of sp³-hybridized carbons (Fsp3) is 0.571. The zero-order chi connectivity index (χ0) is 13.8. The predicted octanol–water partition coefficient (Wildman–Crippen LogP) is 1.14. The zero-order valence-corrected chi connectivity index (χ0v) is 11.7. The predicted molar refractivity (Wildman–Crippen MR) is 76.0 cm³/mol. The van der Waals surface area contributed by atoms with Crippen molar-refractivity contribution in [3.63, 3.8) is 0 Å². The molecule has 0 radical (unpaired) electrons. The van der Waals surface area contributed by atoms with Gasteiger partial charge >= 0.3 is 0 Å². The van der Waals surface area contributed by atoms with E-state index in [1.54, 1.807) is 17.2 Å². The molecule has 0 aliphatic carbocycles. The van der Waals surface area contributed by atoms with Crippen LogP contribution in [0, 0.1) is 6.92 Å². The first kappa shape index (κ1) is 13.8. The van der Waals surface area contributed by atoms with Crippen LogP contribution in [0.3, 0.4) is 0 Å². The average molecular weight is 262 g/mol. The Bertz CT molecular complexity index is 455. The van der Waals surface area contributed by atoms with Crippen molar-refractivity contribution in [3.05, 3.63) is 23.5 Å². The fourth-order valence-corrected chi connectivity index (χ4v) is 2.36. The Kier molecular flexibility index (Phi) is 4.37. The molecule has 0 spiro atoms. The van der Waals surface area contributed by atoms with E-state index in [0.717, 1.165) is 31.9 Å². The third kappa shape index (κ3) is 3.44. The molecule has 5 nitrogen and oxygen atoms in total. The molecule has 1 saturated heterocycles. The number of hydrogen-bond acceptors (Lipinski definition) is 4. The van der Waals surface area contributed by atoms with Gasteiger partial charge in [0.15, 0.2) is 0 Å². The van der Waals surface area contributed by atoms with E-state index in [1.165, 1.54) is 12.8 Å². The highest BCUT2D eigenvalue weighted by molar-refractivity contribution is 5.98. The highest BCUT2D eigenvalue weighted by Crippen LogP contribution is 2.14. The lowest BCUT2D eigenvalue weighted by atomic mass is 10.2. The molecular formula is C14H22N4O. The van der Waals surface area contributed by atoms with Crippen molar-refractivity contribution in [1.82, 2.24) is 14.8 Å². The molecule has 104 valence electrons. The quantitative estimate of drug-likeness (QED) is 0.884. The SMILES string of the molecule is Cc1cc(N)c(C(=O)N(C)CCN2CCCC2)cn1. The van der Waals surface area contributed by atoms with Gasteiger partial charge in [-0.15, -0.1) is 0 Å². The van der Waals surface area contributed by atoms with Crippen molar-refractivity contribution >= 4 is 11.6 Å². The minimum atomic E-state index is -0.0517. The van der Waals surface area contributed by atoms with Crippen molar-refractivity contribution in [3.8, 4) is 0 Å². The van der Waals surface area contributed by atoms with E-state index in [0.29, 0.717) is 11.3 Å². The van der Waals surface area contributed by atoms with Gasteiger partial charge in [-0.1, -0.05) is 0 Å². The van der Waals surface area contributed by atoms with Crippen LogP contribution in [0.2, 0.25) is 0 Å². The number of likely N-dealkylation sites (N-methyl/N-ethyl adjacent to an activating group) is 1. The van der Waals surface area contributed by atoms with Crippen LogP contribution in [-0.4, -0.2) is 53.9 Å². The van der Waals surface area contributed by atoms with Crippen molar-refractivity contribution < 1.29 is 4.79 Å². The molecule has 2 rings (SSSR count). The number of nitrogens with two attached hydrogens (primary N) is 1. The second-order valence-electron chi connectivity index (χ2n) is 5.19. The Morgan fingerprint density at radius 1 is 1.47 bits per heavy atom. The van der Waals surface area contributed by atoms with Gasteiger partial charge in [0.2, 0.25) is 0 Å². The van der Waals surface area contributed by atoms with Gasteiger partial charge < -0.3 is 15.5 Å². The summed E-state index contributed by atoms with van der Waals surface area (Å²) >= 11 is 0. The number of nitrogen functional groups attached to an aromatic ring is 1. The smallest absolute Gasteiger partial charge is 0.257 e. The van der Waals surface area contributed by atoms with E-state index in [9.17, 15) is 4.79 Å². The molecule has 1 aliphatic rings. The third-order valence-electron chi connectivity index (χ3n) is 3.60. The van der Waals surface area contributed by atoms with Crippen LogP contribution >= 0.6 is 0 Å². The van der Waals surface area contributed by atoms with Crippen molar-refractivity contribution in [2.45, 2.75) is 19.8 Å². The van der Waals surface area contributed by atoms with Gasteiger partial charge in [-0.05, 0) is 38.9 Å². The molecule has 2 heterocycles. The number of anilines is 1. The lowest BCUT2D eigenvalue weighted by Crippen LogP contribution is -2.35. The maximum absolute atomic E-state index is 12.3. The molecule has 1 fully saturated rings. The summed E-state index contributed by atoms with van der Waals surface area (Å²) in [5.74, 6) is -0.0517. The summed E-state index contributed by atoms with van der Waals surface area (Å²) in [6.45, 7) is 5.82. The standard InChI is InChI=1S/C14H22N4O/c1-11-9-13(15)12(10-16-11)14(19)17(2)7-8-18-5-3-4-6-18/h9-10H,3-8H2,1-2H3,(H2,15,16). The summed E-state index contributed by atoms with van der Waals surface area (Å²) in [6, 6.07) is 1.74. The van der Waals surface area contributed by atoms with Crippen LogP contribution in [0.5, 0.6) is 0 Å². The topological polar surface area (TPSA) is 62.5 Å². The summed E-state index contributed by atoms with van der Waals surface area (Å²) in [6.07, 6.45) is 4.11. The maximum Gasteiger partial charge on any atom is 0.257 e. The summed E-state index contributed by atoms with van der Waals surface area (Å²) < 4.78 is 0. The number of likely N-dealkylation sites (tertiary alicyclic amines) is 1. The van der Waals surface area contributed by atoms with Gasteiger partial charge in [-0.3, -0.25) is 9.78 Å². The second-order valence-corrected chi connectivity index (χ2v) is 5.19. The van der Waals surface area contributed by atoms with E-state index in [1.807, 2.05) is 14.0 Å². The second kappa shape index (κ2) is 6.02. The molecule has 2 N–H and O–H groups in total.